The van der Waals surface area contributed by atoms with Gasteiger partial charge in [-0.15, -0.1) is 0 Å². The number of benzene rings is 1. The second-order valence-electron chi connectivity index (χ2n) is 6.77. The molecule has 0 bridgehead atoms. The highest BCUT2D eigenvalue weighted by molar-refractivity contribution is 5.89. The van der Waals surface area contributed by atoms with Crippen LogP contribution in [0.3, 0.4) is 0 Å². The van der Waals surface area contributed by atoms with Gasteiger partial charge in [0.15, 0.2) is 0 Å². The van der Waals surface area contributed by atoms with Gasteiger partial charge in [0.05, 0.1) is 11.4 Å². The molecule has 1 aromatic carbocycles. The van der Waals surface area contributed by atoms with Crippen LogP contribution in [0.2, 0.25) is 0 Å². The number of aryl methyl sites for hydroxylation is 1. The average Bonchev–Trinajstić information content (AvgIpc) is 3.09. The number of nitrogens with one attached hydrogen (secondary N) is 1. The molecule has 7 heteroatoms. The molecule has 1 N–H and O–H groups in total. The van der Waals surface area contributed by atoms with Gasteiger partial charge in [-0.1, -0.05) is 18.2 Å². The van der Waals surface area contributed by atoms with Crippen molar-refractivity contribution < 1.29 is 4.79 Å². The SMILES string of the molecule is Cc1cc(NC(=O)N2CCC[C@H](c3ccncn3)C2)n(-c2ccccc2)n1. The van der Waals surface area contributed by atoms with E-state index in [2.05, 4.69) is 20.4 Å². The molecule has 4 rings (SSSR count). The van der Waals surface area contributed by atoms with E-state index in [0.717, 1.165) is 36.5 Å². The Kier molecular flexibility index (Phi) is 4.82. The van der Waals surface area contributed by atoms with Crippen molar-refractivity contribution in [3.05, 3.63) is 66.4 Å². The number of para-hydroxylation sites is 1. The van der Waals surface area contributed by atoms with Crippen molar-refractivity contribution in [2.24, 2.45) is 0 Å². The van der Waals surface area contributed by atoms with Gasteiger partial charge in [0.1, 0.15) is 12.1 Å². The molecule has 0 radical (unpaired) electrons. The quantitative estimate of drug-likeness (QED) is 0.775. The molecule has 0 spiro atoms. The van der Waals surface area contributed by atoms with E-state index in [4.69, 9.17) is 0 Å². The Labute approximate surface area is 158 Å². The summed E-state index contributed by atoms with van der Waals surface area (Å²) in [5.41, 5.74) is 2.76. The summed E-state index contributed by atoms with van der Waals surface area (Å²) >= 11 is 0. The molecule has 27 heavy (non-hydrogen) atoms. The molecule has 0 unspecified atom stereocenters. The standard InChI is InChI=1S/C20H22N6O/c1-15-12-19(26(24-15)17-7-3-2-4-8-17)23-20(27)25-11-5-6-16(13-25)18-9-10-21-14-22-18/h2-4,7-10,12,14,16H,5-6,11,13H2,1H3,(H,23,27)/t16-/m0/s1. The van der Waals surface area contributed by atoms with Gasteiger partial charge < -0.3 is 4.90 Å². The Balaban J connectivity index is 1.50. The molecular weight excluding hydrogens is 340 g/mol. The van der Waals surface area contributed by atoms with Crippen LogP contribution in [0.1, 0.15) is 30.1 Å². The third-order valence-corrected chi connectivity index (χ3v) is 4.80. The van der Waals surface area contributed by atoms with Crippen LogP contribution >= 0.6 is 0 Å². The summed E-state index contributed by atoms with van der Waals surface area (Å²) in [5.74, 6) is 0.918. The lowest BCUT2D eigenvalue weighted by molar-refractivity contribution is 0.192. The molecule has 1 fully saturated rings. The third kappa shape index (κ3) is 3.81. The number of rotatable bonds is 3. The maximum atomic E-state index is 12.9. The summed E-state index contributed by atoms with van der Waals surface area (Å²) in [4.78, 5) is 23.1. The maximum Gasteiger partial charge on any atom is 0.323 e. The fourth-order valence-corrected chi connectivity index (χ4v) is 3.49. The van der Waals surface area contributed by atoms with Gasteiger partial charge in [-0.05, 0) is 38.0 Å². The van der Waals surface area contributed by atoms with Crippen LogP contribution in [0.5, 0.6) is 0 Å². The van der Waals surface area contributed by atoms with E-state index >= 15 is 0 Å². The zero-order valence-electron chi connectivity index (χ0n) is 15.2. The van der Waals surface area contributed by atoms with E-state index in [1.807, 2.05) is 54.3 Å². The van der Waals surface area contributed by atoms with E-state index in [1.54, 1.807) is 17.2 Å². The molecule has 1 saturated heterocycles. The molecule has 0 saturated carbocycles. The molecule has 7 nitrogen and oxygen atoms in total. The van der Waals surface area contributed by atoms with Gasteiger partial charge >= 0.3 is 6.03 Å². The van der Waals surface area contributed by atoms with Gasteiger partial charge in [-0.3, -0.25) is 5.32 Å². The first-order valence-electron chi connectivity index (χ1n) is 9.14. The summed E-state index contributed by atoms with van der Waals surface area (Å²) < 4.78 is 1.76. The predicted molar refractivity (Wildman–Crippen MR) is 103 cm³/mol. The summed E-state index contributed by atoms with van der Waals surface area (Å²) in [6.07, 6.45) is 5.30. The number of anilines is 1. The van der Waals surface area contributed by atoms with E-state index in [-0.39, 0.29) is 11.9 Å². The Bertz CT molecular complexity index is 909. The number of aromatic nitrogens is 4. The van der Waals surface area contributed by atoms with Crippen LogP contribution in [-0.2, 0) is 0 Å². The van der Waals surface area contributed by atoms with Crippen molar-refractivity contribution in [2.45, 2.75) is 25.7 Å². The van der Waals surface area contributed by atoms with Gasteiger partial charge in [-0.25, -0.2) is 19.4 Å². The zero-order valence-corrected chi connectivity index (χ0v) is 15.2. The minimum Gasteiger partial charge on any atom is -0.324 e. The fraction of sp³-hybridized carbons (Fsp3) is 0.300. The first kappa shape index (κ1) is 17.2. The largest absolute Gasteiger partial charge is 0.324 e. The van der Waals surface area contributed by atoms with Crippen LogP contribution in [-0.4, -0.2) is 43.8 Å². The number of nitrogens with zero attached hydrogens (tertiary/aromatic N) is 5. The molecule has 2 amide bonds. The molecule has 138 valence electrons. The van der Waals surface area contributed by atoms with Crippen LogP contribution < -0.4 is 5.32 Å². The van der Waals surface area contributed by atoms with Crippen molar-refractivity contribution in [3.8, 4) is 5.69 Å². The number of carbonyl (C=O) groups excluding carboxylic acids is 1. The highest BCUT2D eigenvalue weighted by Gasteiger charge is 2.26. The Hall–Kier alpha value is -3.22. The smallest absolute Gasteiger partial charge is 0.323 e. The average molecular weight is 362 g/mol. The summed E-state index contributed by atoms with van der Waals surface area (Å²) in [5, 5.41) is 7.53. The molecule has 3 aromatic rings. The number of hydrogen-bond acceptors (Lipinski definition) is 4. The van der Waals surface area contributed by atoms with E-state index in [1.165, 1.54) is 0 Å². The van der Waals surface area contributed by atoms with Gasteiger partial charge in [0, 0.05) is 37.0 Å². The van der Waals surface area contributed by atoms with Gasteiger partial charge in [0.25, 0.3) is 0 Å². The lowest BCUT2D eigenvalue weighted by Crippen LogP contribution is -2.42. The first-order chi connectivity index (χ1) is 13.2. The number of likely N-dealkylation sites (tertiary alicyclic amines) is 1. The summed E-state index contributed by atoms with van der Waals surface area (Å²) in [6, 6.07) is 13.5. The van der Waals surface area contributed by atoms with Crippen molar-refractivity contribution >= 4 is 11.8 Å². The number of piperidine rings is 1. The van der Waals surface area contributed by atoms with Crippen LogP contribution in [0, 0.1) is 6.92 Å². The molecular formula is C20H22N6O. The number of carbonyl (C=O) groups is 1. The molecule has 2 aromatic heterocycles. The molecule has 1 aliphatic heterocycles. The van der Waals surface area contributed by atoms with Crippen molar-refractivity contribution in [1.29, 1.82) is 0 Å². The van der Waals surface area contributed by atoms with E-state index in [0.29, 0.717) is 12.4 Å². The van der Waals surface area contributed by atoms with Crippen molar-refractivity contribution in [1.82, 2.24) is 24.6 Å². The maximum absolute atomic E-state index is 12.9. The van der Waals surface area contributed by atoms with Crippen LogP contribution in [0.25, 0.3) is 5.69 Å². The second kappa shape index (κ2) is 7.57. The normalized spacial score (nSPS) is 16.9. The number of hydrogen-bond donors (Lipinski definition) is 1. The minimum atomic E-state index is -0.106. The first-order valence-corrected chi connectivity index (χ1v) is 9.14. The minimum absolute atomic E-state index is 0.106. The van der Waals surface area contributed by atoms with Crippen LogP contribution in [0.4, 0.5) is 10.6 Å². The Morgan fingerprint density at radius 3 is 2.85 bits per heavy atom. The van der Waals surface area contributed by atoms with Gasteiger partial charge in [-0.2, -0.15) is 5.10 Å². The number of urea groups is 1. The zero-order chi connectivity index (χ0) is 18.6. The second-order valence-corrected chi connectivity index (χ2v) is 6.77. The molecule has 0 aliphatic carbocycles. The highest BCUT2D eigenvalue weighted by Crippen LogP contribution is 2.26. The monoisotopic (exact) mass is 362 g/mol. The van der Waals surface area contributed by atoms with E-state index < -0.39 is 0 Å². The lowest BCUT2D eigenvalue weighted by atomic mass is 9.95. The van der Waals surface area contributed by atoms with Crippen LogP contribution in [0.15, 0.2) is 55.0 Å². The molecule has 1 atom stereocenters. The topological polar surface area (TPSA) is 75.9 Å². The van der Waals surface area contributed by atoms with Crippen molar-refractivity contribution in [2.75, 3.05) is 18.4 Å². The van der Waals surface area contributed by atoms with Gasteiger partial charge in [0.2, 0.25) is 0 Å². The van der Waals surface area contributed by atoms with E-state index in [9.17, 15) is 4.79 Å². The predicted octanol–water partition coefficient (Wildman–Crippen LogP) is 3.38. The fourth-order valence-electron chi connectivity index (χ4n) is 3.49. The third-order valence-electron chi connectivity index (χ3n) is 4.80. The number of amides is 2. The highest BCUT2D eigenvalue weighted by atomic mass is 16.2. The summed E-state index contributed by atoms with van der Waals surface area (Å²) in [7, 11) is 0. The van der Waals surface area contributed by atoms with Crippen molar-refractivity contribution in [3.63, 3.8) is 0 Å². The Morgan fingerprint density at radius 2 is 2.07 bits per heavy atom. The Morgan fingerprint density at radius 1 is 1.22 bits per heavy atom. The summed E-state index contributed by atoms with van der Waals surface area (Å²) in [6.45, 7) is 3.31. The molecule has 3 heterocycles. The lowest BCUT2D eigenvalue weighted by Gasteiger charge is -2.32. The molecule has 1 aliphatic rings.